The number of hydrogen-bond acceptors (Lipinski definition) is 7. The van der Waals surface area contributed by atoms with E-state index in [1.54, 1.807) is 29.2 Å². The predicted octanol–water partition coefficient (Wildman–Crippen LogP) is 3.61. The average molecular weight is 593 g/mol. The van der Waals surface area contributed by atoms with Crippen LogP contribution in [0.5, 0.6) is 0 Å². The van der Waals surface area contributed by atoms with E-state index in [4.69, 9.17) is 11.5 Å². The Morgan fingerprint density at radius 2 is 1.61 bits per heavy atom. The highest BCUT2D eigenvalue weighted by Crippen LogP contribution is 2.34. The Labute approximate surface area is 255 Å². The van der Waals surface area contributed by atoms with Gasteiger partial charge in [0.2, 0.25) is 23.5 Å². The number of rotatable bonds is 9. The second-order valence-electron chi connectivity index (χ2n) is 11.7. The fourth-order valence-electron chi connectivity index (χ4n) is 6.28. The first-order chi connectivity index (χ1) is 21.4. The molecule has 0 unspecified atom stereocenters. The third-order valence-electron chi connectivity index (χ3n) is 8.88. The number of nitrogens with two attached hydrogens (primary N) is 2. The minimum Gasteiger partial charge on any atom is -0.368 e. The van der Waals surface area contributed by atoms with Crippen LogP contribution >= 0.6 is 0 Å². The van der Waals surface area contributed by atoms with Crippen molar-refractivity contribution in [3.63, 3.8) is 0 Å². The molecule has 2 aliphatic rings. The van der Waals surface area contributed by atoms with Crippen LogP contribution in [0.2, 0.25) is 0 Å². The van der Waals surface area contributed by atoms with Gasteiger partial charge in [0.15, 0.2) is 0 Å². The van der Waals surface area contributed by atoms with Crippen LogP contribution in [-0.4, -0.2) is 50.9 Å². The Morgan fingerprint density at radius 1 is 0.909 bits per heavy atom. The van der Waals surface area contributed by atoms with Crippen molar-refractivity contribution < 1.29 is 14.4 Å². The van der Waals surface area contributed by atoms with Crippen LogP contribution in [0.4, 0.5) is 11.4 Å². The Kier molecular flexibility index (Phi) is 8.47. The number of anilines is 2. The van der Waals surface area contributed by atoms with Gasteiger partial charge in [-0.05, 0) is 102 Å². The number of amides is 3. The fraction of sp³-hybridized carbons (Fsp3) is 0.333. The number of carbonyl (C=O) groups is 3. The van der Waals surface area contributed by atoms with Crippen molar-refractivity contribution in [3.8, 4) is 22.5 Å². The lowest BCUT2D eigenvalue weighted by atomic mass is 9.81. The van der Waals surface area contributed by atoms with Crippen molar-refractivity contribution in [3.05, 3.63) is 77.9 Å². The van der Waals surface area contributed by atoms with E-state index in [1.165, 1.54) is 0 Å². The van der Waals surface area contributed by atoms with Crippen LogP contribution in [0.25, 0.3) is 22.5 Å². The molecule has 1 saturated carbocycles. The van der Waals surface area contributed by atoms with Gasteiger partial charge in [-0.25, -0.2) is 0 Å². The van der Waals surface area contributed by atoms with Gasteiger partial charge in [-0.2, -0.15) is 5.21 Å². The lowest BCUT2D eigenvalue weighted by Gasteiger charge is -2.35. The first-order valence-corrected chi connectivity index (χ1v) is 15.1. The molecule has 0 radical (unpaired) electrons. The second-order valence-corrected chi connectivity index (χ2v) is 11.7. The summed E-state index contributed by atoms with van der Waals surface area (Å²) in [6.07, 6.45) is 4.70. The maximum atomic E-state index is 14.1. The number of H-pyrrole nitrogens is 1. The summed E-state index contributed by atoms with van der Waals surface area (Å²) in [5.41, 5.74) is 18.0. The maximum absolute atomic E-state index is 14.1. The lowest BCUT2D eigenvalue weighted by Crippen LogP contribution is -2.52. The van der Waals surface area contributed by atoms with Crippen molar-refractivity contribution in [2.75, 3.05) is 16.8 Å². The number of hydrogen-bond donors (Lipinski definition) is 4. The zero-order valence-electron chi connectivity index (χ0n) is 24.4. The summed E-state index contributed by atoms with van der Waals surface area (Å²) in [4.78, 5) is 40.7. The summed E-state index contributed by atoms with van der Waals surface area (Å²) >= 11 is 0. The van der Waals surface area contributed by atoms with Gasteiger partial charge in [0.25, 0.3) is 0 Å². The van der Waals surface area contributed by atoms with E-state index in [-0.39, 0.29) is 24.2 Å². The molecule has 2 heterocycles. The third kappa shape index (κ3) is 6.23. The summed E-state index contributed by atoms with van der Waals surface area (Å²) in [7, 11) is 0. The third-order valence-corrected chi connectivity index (χ3v) is 8.88. The molecule has 1 fully saturated rings. The summed E-state index contributed by atoms with van der Waals surface area (Å²) in [5.74, 6) is -0.0297. The topological polar surface area (TPSA) is 173 Å². The molecule has 1 aliphatic heterocycles. The molecular formula is C33H36N8O3. The van der Waals surface area contributed by atoms with Gasteiger partial charge < -0.3 is 16.8 Å². The Morgan fingerprint density at radius 3 is 2.27 bits per heavy atom. The molecule has 11 heteroatoms. The van der Waals surface area contributed by atoms with Crippen LogP contribution in [0.3, 0.4) is 0 Å². The van der Waals surface area contributed by atoms with Crippen LogP contribution in [0.1, 0.15) is 43.2 Å². The van der Waals surface area contributed by atoms with E-state index < -0.39 is 11.9 Å². The number of tetrazole rings is 1. The first-order valence-electron chi connectivity index (χ1n) is 15.1. The van der Waals surface area contributed by atoms with Crippen molar-refractivity contribution >= 4 is 29.1 Å². The fourth-order valence-corrected chi connectivity index (χ4v) is 6.28. The van der Waals surface area contributed by atoms with Crippen LogP contribution < -0.4 is 21.7 Å². The molecule has 6 N–H and O–H groups in total. The highest BCUT2D eigenvalue weighted by atomic mass is 16.2. The van der Waals surface area contributed by atoms with Crippen molar-refractivity contribution in [1.29, 1.82) is 0 Å². The first kappa shape index (κ1) is 29.2. The van der Waals surface area contributed by atoms with Gasteiger partial charge in [-0.1, -0.05) is 36.4 Å². The van der Waals surface area contributed by atoms with Crippen LogP contribution in [0.15, 0.2) is 66.7 Å². The molecule has 0 spiro atoms. The summed E-state index contributed by atoms with van der Waals surface area (Å²) in [6.45, 7) is 0.613. The molecule has 4 aromatic rings. The van der Waals surface area contributed by atoms with Crippen LogP contribution in [-0.2, 0) is 27.2 Å². The molecule has 0 saturated heterocycles. The number of carbonyl (C=O) groups excluding carboxylic acids is 3. The SMILES string of the molecule is NCC1CCC(C(=O)N(c2ccc(-c3nn[nH]n3)cc2)[C@@H](Cc2ccc(-c3ccc4c(c3)NC(=O)CC4)cc2)C(N)=O)CC1. The number of primary amides is 1. The van der Waals surface area contributed by atoms with Gasteiger partial charge in [0.05, 0.1) is 0 Å². The molecule has 1 atom stereocenters. The molecular weight excluding hydrogens is 556 g/mol. The van der Waals surface area contributed by atoms with Crippen molar-refractivity contribution in [1.82, 2.24) is 20.6 Å². The van der Waals surface area contributed by atoms with Crippen molar-refractivity contribution in [2.45, 2.75) is 51.0 Å². The number of benzene rings is 3. The van der Waals surface area contributed by atoms with E-state index >= 15 is 0 Å². The molecule has 1 aliphatic carbocycles. The quantitative estimate of drug-likeness (QED) is 0.230. The van der Waals surface area contributed by atoms with E-state index in [9.17, 15) is 14.4 Å². The second kappa shape index (κ2) is 12.8. The highest BCUT2D eigenvalue weighted by Gasteiger charge is 2.36. The molecule has 44 heavy (non-hydrogen) atoms. The lowest BCUT2D eigenvalue weighted by molar-refractivity contribution is -0.127. The molecule has 3 amide bonds. The number of aromatic nitrogens is 4. The summed E-state index contributed by atoms with van der Waals surface area (Å²) < 4.78 is 0. The van der Waals surface area contributed by atoms with Gasteiger partial charge in [-0.15, -0.1) is 10.2 Å². The predicted molar refractivity (Wildman–Crippen MR) is 167 cm³/mol. The van der Waals surface area contributed by atoms with Gasteiger partial charge >= 0.3 is 0 Å². The Balaban J connectivity index is 1.27. The Hall–Kier alpha value is -4.90. The number of fused-ring (bicyclic) bond motifs is 1. The highest BCUT2D eigenvalue weighted by molar-refractivity contribution is 6.02. The van der Waals surface area contributed by atoms with E-state index in [0.717, 1.165) is 65.6 Å². The summed E-state index contributed by atoms with van der Waals surface area (Å²) in [5, 5.41) is 17.1. The molecule has 226 valence electrons. The average Bonchev–Trinajstić information content (AvgIpc) is 3.60. The number of nitrogens with one attached hydrogen (secondary N) is 2. The minimum absolute atomic E-state index is 0.0264. The van der Waals surface area contributed by atoms with E-state index in [0.29, 0.717) is 30.4 Å². The maximum Gasteiger partial charge on any atom is 0.240 e. The van der Waals surface area contributed by atoms with Crippen LogP contribution in [0, 0.1) is 11.8 Å². The molecule has 6 rings (SSSR count). The monoisotopic (exact) mass is 592 g/mol. The smallest absolute Gasteiger partial charge is 0.240 e. The zero-order valence-corrected chi connectivity index (χ0v) is 24.4. The van der Waals surface area contributed by atoms with Crippen molar-refractivity contribution in [2.24, 2.45) is 23.3 Å². The molecule has 0 bridgehead atoms. The minimum atomic E-state index is -0.893. The molecule has 11 nitrogen and oxygen atoms in total. The largest absolute Gasteiger partial charge is 0.368 e. The number of aromatic amines is 1. The Bertz CT molecular complexity index is 1630. The number of aryl methyl sites for hydroxylation is 1. The zero-order chi connectivity index (χ0) is 30.6. The van der Waals surface area contributed by atoms with Gasteiger partial charge in [0.1, 0.15) is 6.04 Å². The number of nitrogens with zero attached hydrogens (tertiary/aromatic N) is 4. The van der Waals surface area contributed by atoms with E-state index in [2.05, 4.69) is 38.1 Å². The van der Waals surface area contributed by atoms with Gasteiger partial charge in [0, 0.05) is 35.7 Å². The normalized spacial score (nSPS) is 18.6. The van der Waals surface area contributed by atoms with E-state index in [1.807, 2.05) is 30.3 Å². The molecule has 3 aromatic carbocycles. The standard InChI is InChI=1S/C33H36N8O3/c34-19-21-3-7-25(8-4-21)33(44)41(27-14-11-24(12-15-27)32-37-39-40-38-32)29(31(35)43)17-20-1-5-22(6-2-20)26-10-9-23-13-16-30(42)36-28(23)18-26/h1-2,5-6,9-12,14-15,18,21,25,29H,3-4,7-8,13,16-17,19,34H2,(H2,35,43)(H,36,42)(H,37,38,39,40)/t21?,25?,29-/m0/s1. The molecule has 1 aromatic heterocycles. The summed E-state index contributed by atoms with van der Waals surface area (Å²) in [6, 6.07) is 20.3. The van der Waals surface area contributed by atoms with Gasteiger partial charge in [-0.3, -0.25) is 19.3 Å².